The van der Waals surface area contributed by atoms with Crippen molar-refractivity contribution in [2.24, 2.45) is 5.92 Å². The van der Waals surface area contributed by atoms with E-state index >= 15 is 0 Å². The highest BCUT2D eigenvalue weighted by Gasteiger charge is 2.35. The lowest BCUT2D eigenvalue weighted by Crippen LogP contribution is -2.44. The van der Waals surface area contributed by atoms with Crippen molar-refractivity contribution >= 4 is 42.6 Å². The quantitative estimate of drug-likeness (QED) is 0.346. The number of hydrogen-bond acceptors (Lipinski definition) is 6. The Morgan fingerprint density at radius 3 is 2.54 bits per heavy atom. The van der Waals surface area contributed by atoms with Crippen LogP contribution in [-0.4, -0.2) is 41.7 Å². The van der Waals surface area contributed by atoms with Crippen LogP contribution in [-0.2, 0) is 21.4 Å². The molecule has 0 saturated carbocycles. The molecule has 2 aromatic carbocycles. The van der Waals surface area contributed by atoms with Gasteiger partial charge in [-0.05, 0) is 49.6 Å². The van der Waals surface area contributed by atoms with Gasteiger partial charge in [0.2, 0.25) is 15.9 Å². The van der Waals surface area contributed by atoms with Gasteiger partial charge in [0, 0.05) is 37.5 Å². The summed E-state index contributed by atoms with van der Waals surface area (Å²) >= 11 is 1.04. The molecule has 5 rings (SSSR count). The number of thiazole rings is 1. The Morgan fingerprint density at radius 1 is 1.14 bits per heavy atom. The van der Waals surface area contributed by atoms with Crippen LogP contribution in [0, 0.1) is 24.5 Å². The van der Waals surface area contributed by atoms with Gasteiger partial charge >= 0.3 is 0 Å². The highest BCUT2D eigenvalue weighted by atomic mass is 32.2. The molecule has 0 atom stereocenters. The minimum atomic E-state index is -3.66. The molecule has 11 heteroatoms. The zero-order valence-electron chi connectivity index (χ0n) is 20.0. The van der Waals surface area contributed by atoms with Crippen molar-refractivity contribution in [2.75, 3.05) is 18.0 Å². The molecule has 192 valence electrons. The molecule has 0 N–H and O–H groups in total. The summed E-state index contributed by atoms with van der Waals surface area (Å²) in [4.78, 5) is 23.9. The van der Waals surface area contributed by atoms with Gasteiger partial charge in [-0.25, -0.2) is 22.2 Å². The van der Waals surface area contributed by atoms with Crippen LogP contribution in [0.15, 0.2) is 65.8 Å². The SMILES string of the molecule is Cc1ccc(S(=O)(=O)N2CCC(C(=O)N(Cc3cccnc3)c3nc4c(F)cc(F)cc4s3)CC2)cc1. The summed E-state index contributed by atoms with van der Waals surface area (Å²) in [6.45, 7) is 2.44. The monoisotopic (exact) mass is 542 g/mol. The first-order chi connectivity index (χ1) is 17.7. The Morgan fingerprint density at radius 2 is 1.86 bits per heavy atom. The number of fused-ring (bicyclic) bond motifs is 1. The molecule has 7 nitrogen and oxygen atoms in total. The molecule has 3 heterocycles. The molecule has 1 aliphatic rings. The van der Waals surface area contributed by atoms with Crippen molar-refractivity contribution in [3.8, 4) is 0 Å². The predicted octanol–water partition coefficient (Wildman–Crippen LogP) is 4.91. The van der Waals surface area contributed by atoms with Crippen LogP contribution in [0.25, 0.3) is 10.2 Å². The summed E-state index contributed by atoms with van der Waals surface area (Å²) in [7, 11) is -3.66. The average molecular weight is 543 g/mol. The number of amides is 1. The van der Waals surface area contributed by atoms with Gasteiger partial charge in [-0.1, -0.05) is 35.1 Å². The number of benzene rings is 2. The fourth-order valence-corrected chi connectivity index (χ4v) is 6.88. The van der Waals surface area contributed by atoms with Gasteiger partial charge in [0.25, 0.3) is 0 Å². The first-order valence-electron chi connectivity index (χ1n) is 11.7. The molecule has 0 spiro atoms. The molecule has 1 fully saturated rings. The lowest BCUT2D eigenvalue weighted by Gasteiger charge is -2.33. The third-order valence-corrected chi connectivity index (χ3v) is 9.36. The van der Waals surface area contributed by atoms with Crippen molar-refractivity contribution in [3.05, 3.63) is 83.7 Å². The van der Waals surface area contributed by atoms with E-state index in [1.54, 1.807) is 42.7 Å². The molecule has 4 aromatic rings. The van der Waals surface area contributed by atoms with Crippen molar-refractivity contribution < 1.29 is 22.0 Å². The number of carbonyl (C=O) groups is 1. The Kier molecular flexibility index (Phi) is 7.02. The van der Waals surface area contributed by atoms with Crippen molar-refractivity contribution in [2.45, 2.75) is 31.2 Å². The minimum absolute atomic E-state index is 0.00407. The second kappa shape index (κ2) is 10.2. The van der Waals surface area contributed by atoms with E-state index in [-0.39, 0.29) is 41.1 Å². The predicted molar refractivity (Wildman–Crippen MR) is 138 cm³/mol. The highest BCUT2D eigenvalue weighted by molar-refractivity contribution is 7.89. The smallest absolute Gasteiger partial charge is 0.243 e. The summed E-state index contributed by atoms with van der Waals surface area (Å²) in [5.41, 5.74) is 1.72. The first-order valence-corrected chi connectivity index (χ1v) is 14.0. The molecule has 0 radical (unpaired) electrons. The number of hydrogen-bond donors (Lipinski definition) is 0. The van der Waals surface area contributed by atoms with E-state index in [2.05, 4.69) is 9.97 Å². The van der Waals surface area contributed by atoms with E-state index in [0.717, 1.165) is 28.5 Å². The van der Waals surface area contributed by atoms with Crippen LogP contribution in [0.3, 0.4) is 0 Å². The van der Waals surface area contributed by atoms with Gasteiger partial charge in [-0.15, -0.1) is 0 Å². The van der Waals surface area contributed by atoms with Gasteiger partial charge in [-0.3, -0.25) is 14.7 Å². The molecule has 0 bridgehead atoms. The number of piperidine rings is 1. The van der Waals surface area contributed by atoms with Gasteiger partial charge in [0.05, 0.1) is 16.1 Å². The van der Waals surface area contributed by atoms with E-state index in [0.29, 0.717) is 17.5 Å². The standard InChI is InChI=1S/C26H24F2N4O3S2/c1-17-4-6-21(7-5-17)37(34,35)31-11-8-19(9-12-31)25(33)32(16-18-3-2-10-29-15-18)26-30-24-22(28)13-20(27)14-23(24)36-26/h2-7,10,13-15,19H,8-9,11-12,16H2,1H3. The van der Waals surface area contributed by atoms with Crippen molar-refractivity contribution in [1.29, 1.82) is 0 Å². The van der Waals surface area contributed by atoms with Gasteiger partial charge in [0.15, 0.2) is 10.9 Å². The topological polar surface area (TPSA) is 83.5 Å². The average Bonchev–Trinajstić information content (AvgIpc) is 3.32. The van der Waals surface area contributed by atoms with E-state index in [4.69, 9.17) is 0 Å². The second-order valence-electron chi connectivity index (χ2n) is 9.01. The molecular formula is C26H24F2N4O3S2. The zero-order valence-corrected chi connectivity index (χ0v) is 21.6. The van der Waals surface area contributed by atoms with E-state index in [9.17, 15) is 22.0 Å². The lowest BCUT2D eigenvalue weighted by molar-refractivity contribution is -0.123. The summed E-state index contributed by atoms with van der Waals surface area (Å²) in [6.07, 6.45) is 3.92. The van der Waals surface area contributed by atoms with Crippen LogP contribution in [0.2, 0.25) is 0 Å². The van der Waals surface area contributed by atoms with Crippen LogP contribution >= 0.6 is 11.3 Å². The Bertz CT molecular complexity index is 1540. The third kappa shape index (κ3) is 5.25. The van der Waals surface area contributed by atoms with Crippen LogP contribution in [0.5, 0.6) is 0 Å². The van der Waals surface area contributed by atoms with E-state index in [1.807, 2.05) is 13.0 Å². The fraction of sp³-hybridized carbons (Fsp3) is 0.269. The summed E-state index contributed by atoms with van der Waals surface area (Å²) in [5.74, 6) is -2.20. The largest absolute Gasteiger partial charge is 0.283 e. The molecule has 2 aromatic heterocycles. The van der Waals surface area contributed by atoms with Gasteiger partial charge in [-0.2, -0.15) is 4.31 Å². The van der Waals surface area contributed by atoms with E-state index < -0.39 is 27.6 Å². The molecule has 1 saturated heterocycles. The van der Waals surface area contributed by atoms with Crippen LogP contribution < -0.4 is 4.90 Å². The highest BCUT2D eigenvalue weighted by Crippen LogP contribution is 2.34. The molecular weight excluding hydrogens is 518 g/mol. The zero-order chi connectivity index (χ0) is 26.2. The number of carbonyl (C=O) groups excluding carboxylic acids is 1. The number of nitrogens with zero attached hydrogens (tertiary/aromatic N) is 4. The normalized spacial score (nSPS) is 15.2. The number of rotatable bonds is 6. The van der Waals surface area contributed by atoms with Gasteiger partial charge < -0.3 is 0 Å². The molecule has 1 amide bonds. The Balaban J connectivity index is 1.39. The summed E-state index contributed by atoms with van der Waals surface area (Å²) in [6, 6.07) is 12.2. The fourth-order valence-electron chi connectivity index (χ4n) is 4.40. The Labute approximate surface area is 217 Å². The first kappa shape index (κ1) is 25.4. The number of halogens is 2. The molecule has 0 unspecified atom stereocenters. The maximum absolute atomic E-state index is 14.4. The number of sulfonamides is 1. The van der Waals surface area contributed by atoms with Crippen LogP contribution in [0.4, 0.5) is 13.9 Å². The molecule has 0 aliphatic carbocycles. The minimum Gasteiger partial charge on any atom is -0.283 e. The van der Waals surface area contributed by atoms with Crippen LogP contribution in [0.1, 0.15) is 24.0 Å². The molecule has 1 aliphatic heterocycles. The Hall–Kier alpha value is -3.28. The van der Waals surface area contributed by atoms with E-state index in [1.165, 1.54) is 15.3 Å². The maximum Gasteiger partial charge on any atom is 0.243 e. The third-order valence-electron chi connectivity index (χ3n) is 6.42. The number of pyridine rings is 1. The summed E-state index contributed by atoms with van der Waals surface area (Å²) < 4.78 is 56.0. The second-order valence-corrected chi connectivity index (χ2v) is 12.0. The molecule has 37 heavy (non-hydrogen) atoms. The number of anilines is 1. The number of aromatic nitrogens is 2. The summed E-state index contributed by atoms with van der Waals surface area (Å²) in [5, 5.41) is 0.253. The van der Waals surface area contributed by atoms with Crippen molar-refractivity contribution in [1.82, 2.24) is 14.3 Å². The van der Waals surface area contributed by atoms with Gasteiger partial charge in [0.1, 0.15) is 11.3 Å². The lowest BCUT2D eigenvalue weighted by atomic mass is 9.96. The van der Waals surface area contributed by atoms with Crippen molar-refractivity contribution in [3.63, 3.8) is 0 Å². The number of aryl methyl sites for hydroxylation is 1. The maximum atomic E-state index is 14.4.